The Labute approximate surface area is 180 Å². The maximum absolute atomic E-state index is 4.47. The topological polar surface area (TPSA) is 46.8 Å². The largest absolute Gasteiger partial charge is 0.293 e. The molecule has 0 aliphatic carbocycles. The van der Waals surface area contributed by atoms with Gasteiger partial charge in [-0.05, 0) is 72.2 Å². The second-order valence-electron chi connectivity index (χ2n) is 8.85. The number of hydrogen-bond donors (Lipinski definition) is 0. The van der Waals surface area contributed by atoms with Crippen LogP contribution in [0.3, 0.4) is 0 Å². The molecule has 0 N–H and O–H groups in total. The van der Waals surface area contributed by atoms with Gasteiger partial charge in [0.05, 0.1) is 6.04 Å². The first-order valence-electron chi connectivity index (χ1n) is 11.3. The molecule has 0 bridgehead atoms. The van der Waals surface area contributed by atoms with Crippen LogP contribution in [-0.2, 0) is 19.4 Å². The van der Waals surface area contributed by atoms with Gasteiger partial charge in [-0.2, -0.15) is 0 Å². The maximum Gasteiger partial charge on any atom is 0.168 e. The molecule has 1 atom stereocenters. The molecule has 30 heavy (non-hydrogen) atoms. The van der Waals surface area contributed by atoms with Crippen molar-refractivity contribution in [3.05, 3.63) is 77.6 Å². The quantitative estimate of drug-likeness (QED) is 0.553. The second kappa shape index (κ2) is 9.98. The first-order valence-corrected chi connectivity index (χ1v) is 11.3. The van der Waals surface area contributed by atoms with E-state index in [-0.39, 0.29) is 6.04 Å². The Morgan fingerprint density at radius 3 is 2.17 bits per heavy atom. The number of aryl methyl sites for hydroxylation is 2. The molecule has 0 unspecified atom stereocenters. The first-order chi connectivity index (χ1) is 14.7. The molecule has 1 aromatic heterocycles. The van der Waals surface area contributed by atoms with Gasteiger partial charge in [-0.3, -0.25) is 4.90 Å². The summed E-state index contributed by atoms with van der Waals surface area (Å²) >= 11 is 0. The first kappa shape index (κ1) is 20.7. The summed E-state index contributed by atoms with van der Waals surface area (Å²) in [7, 11) is 0. The Balaban J connectivity index is 1.39. The summed E-state index contributed by atoms with van der Waals surface area (Å²) in [5, 5.41) is 12.8. The summed E-state index contributed by atoms with van der Waals surface area (Å²) in [5.41, 5.74) is 2.78. The van der Waals surface area contributed by atoms with Gasteiger partial charge in [0.15, 0.2) is 5.82 Å². The van der Waals surface area contributed by atoms with Crippen LogP contribution in [0.4, 0.5) is 0 Å². The Kier molecular flexibility index (Phi) is 6.90. The van der Waals surface area contributed by atoms with Gasteiger partial charge in [-0.25, -0.2) is 4.68 Å². The van der Waals surface area contributed by atoms with E-state index in [0.717, 1.165) is 37.8 Å². The van der Waals surface area contributed by atoms with Crippen molar-refractivity contribution in [2.45, 2.75) is 52.1 Å². The number of likely N-dealkylation sites (tertiary alicyclic amines) is 1. The average Bonchev–Trinajstić information content (AvgIpc) is 3.23. The molecule has 0 saturated carbocycles. The summed E-state index contributed by atoms with van der Waals surface area (Å²) in [4.78, 5) is 2.61. The fourth-order valence-corrected chi connectivity index (χ4v) is 4.73. The van der Waals surface area contributed by atoms with Crippen molar-refractivity contribution in [1.82, 2.24) is 25.1 Å². The highest BCUT2D eigenvalue weighted by molar-refractivity contribution is 5.16. The zero-order valence-electron chi connectivity index (χ0n) is 18.2. The molecule has 1 aliphatic rings. The summed E-state index contributed by atoms with van der Waals surface area (Å²) in [6.45, 7) is 7.63. The van der Waals surface area contributed by atoms with E-state index in [1.165, 1.54) is 30.4 Å². The van der Waals surface area contributed by atoms with E-state index < -0.39 is 0 Å². The van der Waals surface area contributed by atoms with Gasteiger partial charge >= 0.3 is 0 Å². The second-order valence-corrected chi connectivity index (χ2v) is 8.85. The van der Waals surface area contributed by atoms with Gasteiger partial charge in [-0.1, -0.05) is 74.5 Å². The molecule has 2 aromatic carbocycles. The lowest BCUT2D eigenvalue weighted by Gasteiger charge is -2.38. The maximum atomic E-state index is 4.47. The Hall–Kier alpha value is -2.53. The molecule has 0 radical (unpaired) electrons. The lowest BCUT2D eigenvalue weighted by atomic mass is 9.88. The van der Waals surface area contributed by atoms with Gasteiger partial charge in [0.1, 0.15) is 0 Å². The zero-order chi connectivity index (χ0) is 20.8. The highest BCUT2D eigenvalue weighted by Gasteiger charge is 2.31. The van der Waals surface area contributed by atoms with Crippen LogP contribution in [0.1, 0.15) is 49.7 Å². The van der Waals surface area contributed by atoms with Crippen molar-refractivity contribution in [1.29, 1.82) is 0 Å². The van der Waals surface area contributed by atoms with Crippen LogP contribution >= 0.6 is 0 Å². The van der Waals surface area contributed by atoms with Crippen molar-refractivity contribution in [3.63, 3.8) is 0 Å². The molecule has 0 spiro atoms. The molecule has 2 heterocycles. The minimum absolute atomic E-state index is 0.272. The van der Waals surface area contributed by atoms with Crippen LogP contribution < -0.4 is 0 Å². The summed E-state index contributed by atoms with van der Waals surface area (Å²) < 4.78 is 2.02. The van der Waals surface area contributed by atoms with Crippen LogP contribution in [0.5, 0.6) is 0 Å². The number of nitrogens with zero attached hydrogens (tertiary/aromatic N) is 5. The van der Waals surface area contributed by atoms with Gasteiger partial charge in [-0.15, -0.1) is 5.10 Å². The molecule has 158 valence electrons. The van der Waals surface area contributed by atoms with E-state index >= 15 is 0 Å². The normalized spacial score (nSPS) is 16.8. The average molecular weight is 404 g/mol. The third-order valence-corrected chi connectivity index (χ3v) is 6.32. The predicted molar refractivity (Wildman–Crippen MR) is 120 cm³/mol. The van der Waals surface area contributed by atoms with Crippen LogP contribution in [0.2, 0.25) is 0 Å². The van der Waals surface area contributed by atoms with Gasteiger partial charge < -0.3 is 0 Å². The third-order valence-electron chi connectivity index (χ3n) is 6.32. The molecule has 1 fully saturated rings. The van der Waals surface area contributed by atoms with Crippen LogP contribution in [0.25, 0.3) is 0 Å². The summed E-state index contributed by atoms with van der Waals surface area (Å²) in [6, 6.07) is 21.7. The van der Waals surface area contributed by atoms with E-state index in [1.807, 2.05) is 4.68 Å². The Morgan fingerprint density at radius 1 is 0.900 bits per heavy atom. The lowest BCUT2D eigenvalue weighted by molar-refractivity contribution is 0.0951. The van der Waals surface area contributed by atoms with E-state index in [0.29, 0.717) is 5.92 Å². The monoisotopic (exact) mass is 403 g/mol. The lowest BCUT2D eigenvalue weighted by Crippen LogP contribution is -2.40. The molecule has 1 aliphatic heterocycles. The van der Waals surface area contributed by atoms with E-state index in [9.17, 15) is 0 Å². The number of rotatable bonds is 8. The molecule has 1 saturated heterocycles. The smallest absolute Gasteiger partial charge is 0.168 e. The minimum atomic E-state index is 0.272. The van der Waals surface area contributed by atoms with Crippen LogP contribution in [-0.4, -0.2) is 38.2 Å². The van der Waals surface area contributed by atoms with Crippen LogP contribution in [0, 0.1) is 11.8 Å². The minimum Gasteiger partial charge on any atom is -0.293 e. The number of hydrogen-bond acceptors (Lipinski definition) is 4. The standard InChI is InChI=1S/C25H33N5/c1-20(2)24(25-26-27-28-30(25)18-15-21-9-5-3-6-10-21)29-16-13-23(14-17-29)19-22-11-7-4-8-12-22/h3-12,20,23-24H,13-19H2,1-2H3/t24-/m1/s1. The van der Waals surface area contributed by atoms with Crippen molar-refractivity contribution < 1.29 is 0 Å². The SMILES string of the molecule is CC(C)[C@H](c1nnnn1CCc1ccccc1)N1CCC(Cc2ccccc2)CC1. The number of benzene rings is 2. The Morgan fingerprint density at radius 2 is 1.53 bits per heavy atom. The van der Waals surface area contributed by atoms with Gasteiger partial charge in [0, 0.05) is 6.54 Å². The fourth-order valence-electron chi connectivity index (χ4n) is 4.73. The molecule has 0 amide bonds. The van der Waals surface area contributed by atoms with Crippen molar-refractivity contribution in [3.8, 4) is 0 Å². The zero-order valence-corrected chi connectivity index (χ0v) is 18.2. The van der Waals surface area contributed by atoms with Crippen molar-refractivity contribution in [2.75, 3.05) is 13.1 Å². The predicted octanol–water partition coefficient (Wildman–Crippen LogP) is 4.57. The van der Waals surface area contributed by atoms with Gasteiger partial charge in [0.2, 0.25) is 0 Å². The molecular weight excluding hydrogens is 370 g/mol. The van der Waals surface area contributed by atoms with E-state index in [1.54, 1.807) is 0 Å². The third kappa shape index (κ3) is 5.14. The van der Waals surface area contributed by atoms with Gasteiger partial charge in [0.25, 0.3) is 0 Å². The molecule has 4 rings (SSSR count). The highest BCUT2D eigenvalue weighted by atomic mass is 15.5. The highest BCUT2D eigenvalue weighted by Crippen LogP contribution is 2.32. The summed E-state index contributed by atoms with van der Waals surface area (Å²) in [6.07, 6.45) is 4.62. The molecule has 5 nitrogen and oxygen atoms in total. The molecule has 3 aromatic rings. The number of tetrazole rings is 1. The molecule has 5 heteroatoms. The van der Waals surface area contributed by atoms with Crippen LogP contribution in [0.15, 0.2) is 60.7 Å². The Bertz CT molecular complexity index is 882. The molecular formula is C25H33N5. The fraction of sp³-hybridized carbons (Fsp3) is 0.480. The summed E-state index contributed by atoms with van der Waals surface area (Å²) in [5.74, 6) is 2.25. The number of aromatic nitrogens is 4. The van der Waals surface area contributed by atoms with E-state index in [4.69, 9.17) is 0 Å². The van der Waals surface area contributed by atoms with Crippen molar-refractivity contribution >= 4 is 0 Å². The number of piperidine rings is 1. The van der Waals surface area contributed by atoms with Crippen molar-refractivity contribution in [2.24, 2.45) is 11.8 Å². The van der Waals surface area contributed by atoms with E-state index in [2.05, 4.69) is 94.9 Å².